The van der Waals surface area contributed by atoms with E-state index in [2.05, 4.69) is 11.6 Å². The van der Waals surface area contributed by atoms with Gasteiger partial charge in [0.2, 0.25) is 0 Å². The number of rotatable bonds is 5. The summed E-state index contributed by atoms with van der Waals surface area (Å²) >= 11 is 7.85. The first-order valence-corrected chi connectivity index (χ1v) is 12.3. The number of nitrogens with zero attached hydrogens (tertiary/aromatic N) is 2. The Morgan fingerprint density at radius 1 is 1.33 bits per heavy atom. The number of hydrogen-bond donors (Lipinski definition) is 0. The van der Waals surface area contributed by atoms with Gasteiger partial charge in [-0.25, -0.2) is 4.98 Å². The molecule has 1 aromatic carbocycles. The van der Waals surface area contributed by atoms with Crippen LogP contribution in [-0.2, 0) is 14.3 Å². The van der Waals surface area contributed by atoms with Crippen LogP contribution in [0.5, 0.6) is 5.75 Å². The highest BCUT2D eigenvalue weighted by Gasteiger charge is 2.53. The average Bonchev–Trinajstić information content (AvgIpc) is 3.29. The lowest BCUT2D eigenvalue weighted by atomic mass is 9.77. The van der Waals surface area contributed by atoms with Gasteiger partial charge in [-0.05, 0) is 50.8 Å². The maximum Gasteiger partial charge on any atom is 0.296 e. The standard InChI is InChI=1S/C25H25ClN2O4S/c1-4-10-31-17-7-5-6-15(11-17)21-20-22(29)18-12-16(26)8-9-19(18)32-23(20)24(30)28(21)25-27-13(2)14(3)33-25/h4-7,11,16,18-19,21H,1,8-10,12H2,2-3H3. The summed E-state index contributed by atoms with van der Waals surface area (Å²) in [7, 11) is 0. The van der Waals surface area contributed by atoms with Gasteiger partial charge >= 0.3 is 0 Å². The van der Waals surface area contributed by atoms with E-state index in [1.54, 1.807) is 11.0 Å². The van der Waals surface area contributed by atoms with Gasteiger partial charge in [-0.3, -0.25) is 14.5 Å². The Balaban J connectivity index is 1.63. The number of ketones is 1. The molecule has 1 aliphatic carbocycles. The number of carbonyl (C=O) groups is 2. The normalized spacial score (nSPS) is 26.7. The van der Waals surface area contributed by atoms with Gasteiger partial charge in [0.25, 0.3) is 5.91 Å². The van der Waals surface area contributed by atoms with Crippen molar-refractivity contribution in [2.24, 2.45) is 5.92 Å². The van der Waals surface area contributed by atoms with E-state index in [0.717, 1.165) is 22.6 Å². The van der Waals surface area contributed by atoms with Crippen molar-refractivity contribution < 1.29 is 19.1 Å². The van der Waals surface area contributed by atoms with E-state index in [1.807, 2.05) is 38.1 Å². The number of alkyl halides is 1. The predicted molar refractivity (Wildman–Crippen MR) is 128 cm³/mol. The fourth-order valence-corrected chi connectivity index (χ4v) is 6.07. The summed E-state index contributed by atoms with van der Waals surface area (Å²) < 4.78 is 11.9. The van der Waals surface area contributed by atoms with Crippen LogP contribution in [0, 0.1) is 19.8 Å². The summed E-state index contributed by atoms with van der Waals surface area (Å²) in [5, 5.41) is 0.494. The third-order valence-corrected chi connectivity index (χ3v) is 8.02. The number of hydrogen-bond acceptors (Lipinski definition) is 6. The van der Waals surface area contributed by atoms with Gasteiger partial charge in [0.15, 0.2) is 16.7 Å². The predicted octanol–water partition coefficient (Wildman–Crippen LogP) is 5.04. The number of aromatic nitrogens is 1. The van der Waals surface area contributed by atoms with Gasteiger partial charge < -0.3 is 9.47 Å². The minimum Gasteiger partial charge on any atom is -0.490 e. The van der Waals surface area contributed by atoms with Gasteiger partial charge in [-0.2, -0.15) is 0 Å². The quantitative estimate of drug-likeness (QED) is 0.439. The Morgan fingerprint density at radius 3 is 2.88 bits per heavy atom. The van der Waals surface area contributed by atoms with E-state index in [-0.39, 0.29) is 34.8 Å². The number of fused-ring (bicyclic) bond motifs is 1. The molecule has 0 spiro atoms. The summed E-state index contributed by atoms with van der Waals surface area (Å²) in [6.07, 6.45) is 3.36. The third-order valence-electron chi connectivity index (χ3n) is 6.55. The number of Topliss-reactive ketones (excluding diaryl/α,β-unsaturated/α-hetero) is 1. The van der Waals surface area contributed by atoms with E-state index in [4.69, 9.17) is 21.1 Å². The molecule has 1 amide bonds. The van der Waals surface area contributed by atoms with Gasteiger partial charge in [-0.15, -0.1) is 22.9 Å². The molecule has 2 aliphatic heterocycles. The van der Waals surface area contributed by atoms with E-state index in [1.165, 1.54) is 11.3 Å². The summed E-state index contributed by atoms with van der Waals surface area (Å²) in [5.74, 6) is 0.0918. The van der Waals surface area contributed by atoms with Crippen LogP contribution in [0.2, 0.25) is 0 Å². The maximum absolute atomic E-state index is 13.8. The lowest BCUT2D eigenvalue weighted by Gasteiger charge is -2.37. The van der Waals surface area contributed by atoms with Crippen LogP contribution in [0.3, 0.4) is 0 Å². The lowest BCUT2D eigenvalue weighted by molar-refractivity contribution is -0.131. The first-order chi connectivity index (χ1) is 15.9. The second-order valence-corrected chi connectivity index (χ2v) is 10.5. The van der Waals surface area contributed by atoms with Crippen LogP contribution >= 0.6 is 22.9 Å². The van der Waals surface area contributed by atoms with Gasteiger partial charge in [0.05, 0.1) is 23.2 Å². The molecule has 33 heavy (non-hydrogen) atoms. The molecule has 4 atom stereocenters. The molecular weight excluding hydrogens is 460 g/mol. The third kappa shape index (κ3) is 3.77. The molecule has 1 saturated carbocycles. The highest BCUT2D eigenvalue weighted by molar-refractivity contribution is 7.15. The Hall–Kier alpha value is -2.64. The zero-order valence-corrected chi connectivity index (χ0v) is 20.1. The van der Waals surface area contributed by atoms with Crippen molar-refractivity contribution in [3.05, 3.63) is 64.4 Å². The zero-order chi connectivity index (χ0) is 23.3. The number of benzene rings is 1. The lowest BCUT2D eigenvalue weighted by Crippen LogP contribution is -2.41. The molecule has 1 fully saturated rings. The van der Waals surface area contributed by atoms with Crippen molar-refractivity contribution in [2.75, 3.05) is 11.5 Å². The highest BCUT2D eigenvalue weighted by atomic mass is 35.5. The molecule has 0 saturated heterocycles. The second kappa shape index (κ2) is 8.61. The number of ether oxygens (including phenoxy) is 2. The number of carbonyl (C=O) groups excluding carboxylic acids is 2. The van der Waals surface area contributed by atoms with Crippen LogP contribution in [0.25, 0.3) is 0 Å². The van der Waals surface area contributed by atoms with Crippen LogP contribution in [0.4, 0.5) is 5.13 Å². The molecule has 1 aromatic heterocycles. The van der Waals surface area contributed by atoms with E-state index < -0.39 is 6.04 Å². The fraction of sp³-hybridized carbons (Fsp3) is 0.400. The fourth-order valence-electron chi connectivity index (χ4n) is 4.82. The Morgan fingerprint density at radius 2 is 2.15 bits per heavy atom. The molecule has 8 heteroatoms. The first kappa shape index (κ1) is 22.2. The Bertz CT molecular complexity index is 1150. The van der Waals surface area contributed by atoms with Gasteiger partial charge in [0, 0.05) is 10.3 Å². The van der Waals surface area contributed by atoms with Crippen LogP contribution in [0.1, 0.15) is 41.4 Å². The second-order valence-electron chi connectivity index (χ2n) is 8.67. The molecule has 0 N–H and O–H groups in total. The maximum atomic E-state index is 13.8. The molecular formula is C25H25ClN2O4S. The monoisotopic (exact) mass is 484 g/mol. The van der Waals surface area contributed by atoms with Crippen molar-refractivity contribution in [1.29, 1.82) is 0 Å². The first-order valence-electron chi connectivity index (χ1n) is 11.1. The molecule has 172 valence electrons. The Kier molecular flexibility index (Phi) is 5.79. The SMILES string of the molecule is C=CCOc1cccc(C2C3=C(OC4CCC(Cl)CC4C3=O)C(=O)N2c2nc(C)c(C)s2)c1. The van der Waals surface area contributed by atoms with Crippen molar-refractivity contribution >= 4 is 39.8 Å². The number of anilines is 1. The molecule has 0 radical (unpaired) electrons. The average molecular weight is 485 g/mol. The van der Waals surface area contributed by atoms with Crippen molar-refractivity contribution in [3.63, 3.8) is 0 Å². The molecule has 6 nitrogen and oxygen atoms in total. The van der Waals surface area contributed by atoms with Crippen molar-refractivity contribution in [2.45, 2.75) is 50.6 Å². The molecule has 5 rings (SSSR count). The molecule has 4 unspecified atom stereocenters. The number of thiazole rings is 1. The number of amides is 1. The van der Waals surface area contributed by atoms with E-state index >= 15 is 0 Å². The molecule has 3 heterocycles. The summed E-state index contributed by atoms with van der Waals surface area (Å²) in [4.78, 5) is 34.7. The molecule has 3 aliphatic rings. The summed E-state index contributed by atoms with van der Waals surface area (Å²) in [5.41, 5.74) is 2.04. The topological polar surface area (TPSA) is 68.7 Å². The smallest absolute Gasteiger partial charge is 0.296 e. The number of aryl methyl sites for hydroxylation is 2. The summed E-state index contributed by atoms with van der Waals surface area (Å²) in [6.45, 7) is 7.94. The highest BCUT2D eigenvalue weighted by Crippen LogP contribution is 2.49. The minimum atomic E-state index is -0.631. The number of halogens is 1. The minimum absolute atomic E-state index is 0.0464. The van der Waals surface area contributed by atoms with Crippen LogP contribution in [0.15, 0.2) is 48.3 Å². The Labute approximate surface area is 201 Å². The van der Waals surface area contributed by atoms with Gasteiger partial charge in [-0.1, -0.05) is 24.8 Å². The summed E-state index contributed by atoms with van der Waals surface area (Å²) in [6, 6.07) is 6.84. The zero-order valence-electron chi connectivity index (χ0n) is 18.5. The van der Waals surface area contributed by atoms with Crippen molar-refractivity contribution in [3.8, 4) is 5.75 Å². The van der Waals surface area contributed by atoms with Crippen LogP contribution < -0.4 is 9.64 Å². The van der Waals surface area contributed by atoms with Crippen LogP contribution in [-0.4, -0.2) is 34.8 Å². The molecule has 2 aromatic rings. The largest absolute Gasteiger partial charge is 0.490 e. The van der Waals surface area contributed by atoms with E-state index in [0.29, 0.717) is 35.9 Å². The molecule has 0 bridgehead atoms. The van der Waals surface area contributed by atoms with E-state index in [9.17, 15) is 9.59 Å². The van der Waals surface area contributed by atoms with Crippen molar-refractivity contribution in [1.82, 2.24) is 4.98 Å². The van der Waals surface area contributed by atoms with Gasteiger partial charge in [0.1, 0.15) is 18.5 Å².